The maximum atomic E-state index is 12.9. The summed E-state index contributed by atoms with van der Waals surface area (Å²) in [5, 5.41) is 9.79. The summed E-state index contributed by atoms with van der Waals surface area (Å²) in [6, 6.07) is 3.99. The van der Waals surface area contributed by atoms with Gasteiger partial charge in [0.25, 0.3) is 10.1 Å². The van der Waals surface area contributed by atoms with E-state index in [0.717, 1.165) is 16.7 Å². The second-order valence-corrected chi connectivity index (χ2v) is 9.88. The average molecular weight is 371 g/mol. The molecule has 1 N–H and O–H groups in total. The Morgan fingerprint density at radius 1 is 0.960 bits per heavy atom. The van der Waals surface area contributed by atoms with Crippen LogP contribution in [0.3, 0.4) is 0 Å². The first kappa shape index (κ1) is 22.1. The predicted octanol–water partition coefficient (Wildman–Crippen LogP) is 4.92. The van der Waals surface area contributed by atoms with Crippen LogP contribution >= 0.6 is 0 Å². The van der Waals surface area contributed by atoms with Crippen LogP contribution in [0.25, 0.3) is 0 Å². The van der Waals surface area contributed by atoms with Crippen molar-refractivity contribution >= 4 is 10.1 Å². The van der Waals surface area contributed by atoms with Gasteiger partial charge in [-0.3, -0.25) is 4.18 Å². The van der Waals surface area contributed by atoms with E-state index in [-0.39, 0.29) is 24.9 Å². The van der Waals surface area contributed by atoms with E-state index >= 15 is 0 Å². The van der Waals surface area contributed by atoms with E-state index in [1.165, 1.54) is 0 Å². The van der Waals surface area contributed by atoms with E-state index in [1.807, 2.05) is 39.8 Å². The van der Waals surface area contributed by atoms with Crippen molar-refractivity contribution in [3.8, 4) is 0 Å². The zero-order valence-corrected chi connectivity index (χ0v) is 17.7. The third kappa shape index (κ3) is 6.08. The molecule has 0 unspecified atom stereocenters. The Hall–Kier alpha value is -0.910. The Bertz CT molecular complexity index is 651. The molecule has 0 saturated heterocycles. The Labute approximate surface area is 153 Å². The molecule has 0 fully saturated rings. The highest BCUT2D eigenvalue weighted by Crippen LogP contribution is 2.36. The smallest absolute Gasteiger partial charge is 0.297 e. The summed E-state index contributed by atoms with van der Waals surface area (Å²) in [6.07, 6.45) is 0.254. The molecule has 1 rings (SSSR count). The number of hydrogen-bond donors (Lipinski definition) is 1. The van der Waals surface area contributed by atoms with Crippen LogP contribution in [0.5, 0.6) is 0 Å². The Kier molecular flexibility index (Phi) is 7.25. The minimum absolute atomic E-state index is 0.0349. The standard InChI is InChI=1S/C20H34O4S/c1-13(2)16-11-17(14(3)4)19(18(12-16)15(5)6)25(22,23)24-10-9-20(7,8)21/h11-15,21H,9-10H2,1-8H3. The van der Waals surface area contributed by atoms with E-state index in [0.29, 0.717) is 10.8 Å². The molecule has 0 atom stereocenters. The predicted molar refractivity (Wildman–Crippen MR) is 103 cm³/mol. The highest BCUT2D eigenvalue weighted by molar-refractivity contribution is 7.86. The molecule has 0 aliphatic rings. The fourth-order valence-electron chi connectivity index (χ4n) is 2.64. The minimum atomic E-state index is -3.89. The molecule has 0 aliphatic carbocycles. The van der Waals surface area contributed by atoms with Crippen molar-refractivity contribution in [2.45, 2.75) is 90.1 Å². The van der Waals surface area contributed by atoms with Crippen LogP contribution in [-0.2, 0) is 14.3 Å². The first-order valence-corrected chi connectivity index (χ1v) is 10.5. The molecule has 1 aromatic carbocycles. The maximum Gasteiger partial charge on any atom is 0.297 e. The first-order valence-electron chi connectivity index (χ1n) is 9.05. The summed E-state index contributed by atoms with van der Waals surface area (Å²) in [7, 11) is -3.89. The van der Waals surface area contributed by atoms with Gasteiger partial charge in [-0.05, 0) is 48.3 Å². The van der Waals surface area contributed by atoms with Gasteiger partial charge in [-0.2, -0.15) is 8.42 Å². The molecule has 4 nitrogen and oxygen atoms in total. The van der Waals surface area contributed by atoms with Gasteiger partial charge in [0.05, 0.1) is 12.2 Å². The van der Waals surface area contributed by atoms with Crippen molar-refractivity contribution in [3.05, 3.63) is 28.8 Å². The van der Waals surface area contributed by atoms with Crippen molar-refractivity contribution in [1.29, 1.82) is 0 Å². The molecule has 25 heavy (non-hydrogen) atoms. The molecule has 0 amide bonds. The minimum Gasteiger partial charge on any atom is -0.390 e. The molecule has 0 radical (unpaired) electrons. The van der Waals surface area contributed by atoms with Crippen LogP contribution in [0.2, 0.25) is 0 Å². The van der Waals surface area contributed by atoms with Crippen molar-refractivity contribution in [1.82, 2.24) is 0 Å². The lowest BCUT2D eigenvalue weighted by Crippen LogP contribution is -2.23. The molecule has 0 bridgehead atoms. The highest BCUT2D eigenvalue weighted by atomic mass is 32.2. The van der Waals surface area contributed by atoms with Crippen LogP contribution < -0.4 is 0 Å². The molecule has 5 heteroatoms. The lowest BCUT2D eigenvalue weighted by molar-refractivity contribution is 0.0564. The summed E-state index contributed by atoms with van der Waals surface area (Å²) in [5.74, 6) is 0.459. The number of hydrogen-bond acceptors (Lipinski definition) is 4. The number of aliphatic hydroxyl groups is 1. The summed E-state index contributed by atoms with van der Waals surface area (Å²) >= 11 is 0. The van der Waals surface area contributed by atoms with E-state index in [9.17, 15) is 13.5 Å². The summed E-state index contributed by atoms with van der Waals surface area (Å²) in [5.41, 5.74) is 1.79. The summed E-state index contributed by atoms with van der Waals surface area (Å²) in [4.78, 5) is 0.303. The van der Waals surface area contributed by atoms with Gasteiger partial charge in [-0.1, -0.05) is 53.7 Å². The van der Waals surface area contributed by atoms with Crippen LogP contribution in [0, 0.1) is 0 Å². The van der Waals surface area contributed by atoms with Gasteiger partial charge in [0.1, 0.15) is 4.90 Å². The normalized spacial score (nSPS) is 13.3. The summed E-state index contributed by atoms with van der Waals surface area (Å²) < 4.78 is 31.2. The largest absolute Gasteiger partial charge is 0.390 e. The quantitative estimate of drug-likeness (QED) is 0.660. The van der Waals surface area contributed by atoms with Gasteiger partial charge >= 0.3 is 0 Å². The number of rotatable bonds is 8. The number of benzene rings is 1. The van der Waals surface area contributed by atoms with Gasteiger partial charge in [-0.15, -0.1) is 0 Å². The Morgan fingerprint density at radius 2 is 1.40 bits per heavy atom. The summed E-state index contributed by atoms with van der Waals surface area (Å²) in [6.45, 7) is 15.5. The average Bonchev–Trinajstić information content (AvgIpc) is 2.43. The van der Waals surface area contributed by atoms with Crippen LogP contribution in [0.4, 0.5) is 0 Å². The lowest BCUT2D eigenvalue weighted by Gasteiger charge is -2.23. The monoisotopic (exact) mass is 370 g/mol. The van der Waals surface area contributed by atoms with Crippen molar-refractivity contribution in [2.75, 3.05) is 6.61 Å². The van der Waals surface area contributed by atoms with E-state index in [2.05, 4.69) is 13.8 Å². The SMILES string of the molecule is CC(C)c1cc(C(C)C)c(S(=O)(=O)OCCC(C)(C)O)c(C(C)C)c1. The van der Waals surface area contributed by atoms with Crippen molar-refractivity contribution in [3.63, 3.8) is 0 Å². The van der Waals surface area contributed by atoms with E-state index < -0.39 is 15.7 Å². The zero-order chi connectivity index (χ0) is 19.6. The fraction of sp³-hybridized carbons (Fsp3) is 0.700. The molecule has 0 heterocycles. The fourth-order valence-corrected chi connectivity index (χ4v) is 4.23. The molecule has 0 aromatic heterocycles. The third-order valence-corrected chi connectivity index (χ3v) is 5.73. The van der Waals surface area contributed by atoms with Crippen molar-refractivity contribution < 1.29 is 17.7 Å². The highest BCUT2D eigenvalue weighted by Gasteiger charge is 2.28. The Morgan fingerprint density at radius 3 is 1.72 bits per heavy atom. The molecule has 0 spiro atoms. The second-order valence-electron chi connectivity index (χ2n) is 8.33. The molecular weight excluding hydrogens is 336 g/mol. The topological polar surface area (TPSA) is 63.6 Å². The third-order valence-electron chi connectivity index (χ3n) is 4.28. The van der Waals surface area contributed by atoms with Gasteiger partial charge in [-0.25, -0.2) is 0 Å². The molecular formula is C20H34O4S. The molecule has 0 aliphatic heterocycles. The van der Waals surface area contributed by atoms with Crippen LogP contribution in [-0.4, -0.2) is 25.7 Å². The maximum absolute atomic E-state index is 12.9. The van der Waals surface area contributed by atoms with Gasteiger partial charge < -0.3 is 5.11 Å². The molecule has 1 aromatic rings. The van der Waals surface area contributed by atoms with Gasteiger partial charge in [0.2, 0.25) is 0 Å². The Balaban J connectivity index is 3.45. The van der Waals surface area contributed by atoms with Gasteiger partial charge in [0, 0.05) is 6.42 Å². The van der Waals surface area contributed by atoms with E-state index in [1.54, 1.807) is 13.8 Å². The van der Waals surface area contributed by atoms with Crippen molar-refractivity contribution in [2.24, 2.45) is 0 Å². The zero-order valence-electron chi connectivity index (χ0n) is 16.9. The van der Waals surface area contributed by atoms with E-state index in [4.69, 9.17) is 4.18 Å². The van der Waals surface area contributed by atoms with Crippen LogP contribution in [0.15, 0.2) is 17.0 Å². The van der Waals surface area contributed by atoms with Crippen LogP contribution in [0.1, 0.15) is 96.3 Å². The first-order chi connectivity index (χ1) is 11.3. The van der Waals surface area contributed by atoms with Gasteiger partial charge in [0.15, 0.2) is 0 Å². The molecule has 144 valence electrons. The molecule has 0 saturated carbocycles. The second kappa shape index (κ2) is 8.19. The lowest BCUT2D eigenvalue weighted by atomic mass is 9.89.